The van der Waals surface area contributed by atoms with Crippen molar-refractivity contribution in [1.82, 2.24) is 4.98 Å². The zero-order valence-corrected chi connectivity index (χ0v) is 13.7. The predicted octanol–water partition coefficient (Wildman–Crippen LogP) is 3.00. The highest BCUT2D eigenvalue weighted by molar-refractivity contribution is 7.18. The molecule has 0 bridgehead atoms. The summed E-state index contributed by atoms with van der Waals surface area (Å²) in [5.74, 6) is -1.16. The average molecular weight is 340 g/mol. The molecule has 0 saturated heterocycles. The largest absolute Gasteiger partial charge is 0.447 e. The third-order valence-electron chi connectivity index (χ3n) is 3.49. The van der Waals surface area contributed by atoms with Gasteiger partial charge in [-0.1, -0.05) is 42.5 Å². The lowest BCUT2D eigenvalue weighted by molar-refractivity contribution is -0.155. The fraction of sp³-hybridized carbons (Fsp3) is 0.167. The molecule has 0 radical (unpaired) electrons. The molecule has 0 saturated carbocycles. The van der Waals surface area contributed by atoms with E-state index in [1.165, 1.54) is 0 Å². The van der Waals surface area contributed by atoms with Crippen molar-refractivity contribution in [2.75, 3.05) is 0 Å². The van der Waals surface area contributed by atoms with Gasteiger partial charge >= 0.3 is 5.97 Å². The molecule has 0 unspecified atom stereocenters. The summed E-state index contributed by atoms with van der Waals surface area (Å²) in [4.78, 5) is 28.1. The van der Waals surface area contributed by atoms with E-state index in [4.69, 9.17) is 10.5 Å². The summed E-state index contributed by atoms with van der Waals surface area (Å²) in [5.41, 5.74) is 6.84. The van der Waals surface area contributed by atoms with E-state index in [-0.39, 0.29) is 6.42 Å². The van der Waals surface area contributed by atoms with Gasteiger partial charge in [0.2, 0.25) is 6.10 Å². The SMILES string of the molecule is NC(=O)[C@@H](OC(=O)CCc1nc2ccccc2s1)c1ccccc1. The molecule has 3 aromatic rings. The van der Waals surface area contributed by atoms with Crippen molar-refractivity contribution in [2.24, 2.45) is 5.73 Å². The molecule has 1 aromatic heterocycles. The molecular formula is C18H16N2O3S. The molecule has 0 aliphatic rings. The summed E-state index contributed by atoms with van der Waals surface area (Å²) < 4.78 is 6.34. The number of primary amides is 1. The quantitative estimate of drug-likeness (QED) is 0.699. The van der Waals surface area contributed by atoms with Crippen LogP contribution in [0.2, 0.25) is 0 Å². The van der Waals surface area contributed by atoms with E-state index in [0.717, 1.165) is 15.2 Å². The maximum atomic E-state index is 12.1. The molecule has 1 heterocycles. The molecule has 24 heavy (non-hydrogen) atoms. The maximum Gasteiger partial charge on any atom is 0.307 e. The molecule has 1 atom stereocenters. The molecule has 0 fully saturated rings. The Kier molecular flexibility index (Phi) is 4.86. The molecule has 0 aliphatic carbocycles. The van der Waals surface area contributed by atoms with Crippen LogP contribution in [0.3, 0.4) is 0 Å². The van der Waals surface area contributed by atoms with E-state index in [9.17, 15) is 9.59 Å². The van der Waals surface area contributed by atoms with E-state index in [1.807, 2.05) is 30.3 Å². The van der Waals surface area contributed by atoms with Gasteiger partial charge in [-0.3, -0.25) is 9.59 Å². The number of thiazole rings is 1. The average Bonchev–Trinajstić information content (AvgIpc) is 3.01. The molecule has 6 heteroatoms. The number of esters is 1. The number of para-hydroxylation sites is 1. The zero-order chi connectivity index (χ0) is 16.9. The van der Waals surface area contributed by atoms with Gasteiger partial charge < -0.3 is 10.5 Å². The van der Waals surface area contributed by atoms with Gasteiger partial charge in [0.05, 0.1) is 21.6 Å². The zero-order valence-electron chi connectivity index (χ0n) is 12.8. The summed E-state index contributed by atoms with van der Waals surface area (Å²) in [6.07, 6.45) is -0.441. The molecule has 1 amide bonds. The number of hydrogen-bond acceptors (Lipinski definition) is 5. The number of fused-ring (bicyclic) bond motifs is 1. The number of nitrogens with zero attached hydrogens (tertiary/aromatic N) is 1. The topological polar surface area (TPSA) is 82.3 Å². The second-order valence-electron chi connectivity index (χ2n) is 5.26. The van der Waals surface area contributed by atoms with Gasteiger partial charge in [-0.05, 0) is 12.1 Å². The Labute approximate surface area is 143 Å². The van der Waals surface area contributed by atoms with Crippen molar-refractivity contribution < 1.29 is 14.3 Å². The van der Waals surface area contributed by atoms with E-state index in [0.29, 0.717) is 12.0 Å². The lowest BCUT2D eigenvalue weighted by Crippen LogP contribution is -2.26. The van der Waals surface area contributed by atoms with Crippen LogP contribution in [-0.2, 0) is 20.7 Å². The van der Waals surface area contributed by atoms with Crippen LogP contribution in [0.1, 0.15) is 23.1 Å². The highest BCUT2D eigenvalue weighted by Crippen LogP contribution is 2.23. The van der Waals surface area contributed by atoms with Crippen molar-refractivity contribution >= 4 is 33.4 Å². The van der Waals surface area contributed by atoms with Gasteiger partial charge in [-0.25, -0.2) is 4.98 Å². The summed E-state index contributed by atoms with van der Waals surface area (Å²) in [7, 11) is 0. The number of rotatable bonds is 6. The third-order valence-corrected chi connectivity index (χ3v) is 4.59. The second kappa shape index (κ2) is 7.23. The lowest BCUT2D eigenvalue weighted by atomic mass is 10.1. The van der Waals surface area contributed by atoms with E-state index in [1.54, 1.807) is 35.6 Å². The van der Waals surface area contributed by atoms with Gasteiger partial charge in [0.1, 0.15) is 0 Å². The first-order valence-corrected chi connectivity index (χ1v) is 8.33. The van der Waals surface area contributed by atoms with E-state index < -0.39 is 18.0 Å². The minimum atomic E-state index is -1.06. The van der Waals surface area contributed by atoms with Crippen molar-refractivity contribution in [3.05, 3.63) is 65.2 Å². The Morgan fingerprint density at radius 2 is 1.79 bits per heavy atom. The molecular weight excluding hydrogens is 324 g/mol. The first-order valence-electron chi connectivity index (χ1n) is 7.51. The van der Waals surface area contributed by atoms with Crippen molar-refractivity contribution in [3.8, 4) is 0 Å². The van der Waals surface area contributed by atoms with Crippen LogP contribution in [0.4, 0.5) is 0 Å². The van der Waals surface area contributed by atoms with E-state index in [2.05, 4.69) is 4.98 Å². The maximum absolute atomic E-state index is 12.1. The summed E-state index contributed by atoms with van der Waals surface area (Å²) in [5, 5.41) is 0.864. The van der Waals surface area contributed by atoms with Gasteiger partial charge in [-0.15, -0.1) is 11.3 Å². The van der Waals surface area contributed by atoms with Crippen LogP contribution in [0.15, 0.2) is 54.6 Å². The molecule has 2 N–H and O–H groups in total. The van der Waals surface area contributed by atoms with Crippen LogP contribution in [0.25, 0.3) is 10.2 Å². The number of benzene rings is 2. The fourth-order valence-electron chi connectivity index (χ4n) is 2.34. The number of hydrogen-bond donors (Lipinski definition) is 1. The Morgan fingerprint density at radius 1 is 1.08 bits per heavy atom. The van der Waals surface area contributed by atoms with Gasteiger partial charge in [0.25, 0.3) is 5.91 Å². The normalized spacial score (nSPS) is 12.0. The van der Waals surface area contributed by atoms with Crippen molar-refractivity contribution in [1.29, 1.82) is 0 Å². The first-order chi connectivity index (χ1) is 11.6. The van der Waals surface area contributed by atoms with Crippen LogP contribution in [0, 0.1) is 0 Å². The minimum absolute atomic E-state index is 0.149. The number of nitrogens with two attached hydrogens (primary N) is 1. The van der Waals surface area contributed by atoms with E-state index >= 15 is 0 Å². The highest BCUT2D eigenvalue weighted by atomic mass is 32.1. The van der Waals surface area contributed by atoms with Gasteiger partial charge in [0, 0.05) is 12.0 Å². The highest BCUT2D eigenvalue weighted by Gasteiger charge is 2.22. The molecule has 122 valence electrons. The Morgan fingerprint density at radius 3 is 2.50 bits per heavy atom. The molecule has 0 aliphatic heterocycles. The number of amides is 1. The summed E-state index contributed by atoms with van der Waals surface area (Å²) in [6, 6.07) is 16.6. The van der Waals surface area contributed by atoms with Gasteiger partial charge in [0.15, 0.2) is 0 Å². The predicted molar refractivity (Wildman–Crippen MR) is 92.4 cm³/mol. The number of ether oxygens (including phenoxy) is 1. The number of carbonyl (C=O) groups excluding carboxylic acids is 2. The number of aromatic nitrogens is 1. The van der Waals surface area contributed by atoms with Crippen LogP contribution >= 0.6 is 11.3 Å². The van der Waals surface area contributed by atoms with Crippen LogP contribution in [-0.4, -0.2) is 16.9 Å². The summed E-state index contributed by atoms with van der Waals surface area (Å²) >= 11 is 1.55. The smallest absolute Gasteiger partial charge is 0.307 e. The molecule has 0 spiro atoms. The van der Waals surface area contributed by atoms with Crippen molar-refractivity contribution in [3.63, 3.8) is 0 Å². The fourth-order valence-corrected chi connectivity index (χ4v) is 3.31. The molecule has 5 nitrogen and oxygen atoms in total. The summed E-state index contributed by atoms with van der Waals surface area (Å²) in [6.45, 7) is 0. The monoisotopic (exact) mass is 340 g/mol. The lowest BCUT2D eigenvalue weighted by Gasteiger charge is -2.14. The molecule has 2 aromatic carbocycles. The second-order valence-corrected chi connectivity index (χ2v) is 6.37. The van der Waals surface area contributed by atoms with Crippen molar-refractivity contribution in [2.45, 2.75) is 18.9 Å². The third kappa shape index (κ3) is 3.78. The first kappa shape index (κ1) is 16.1. The Bertz CT molecular complexity index is 828. The van der Waals surface area contributed by atoms with Gasteiger partial charge in [-0.2, -0.15) is 0 Å². The number of aryl methyl sites for hydroxylation is 1. The standard InChI is InChI=1S/C18H16N2O3S/c19-18(22)17(12-6-2-1-3-7-12)23-16(21)11-10-15-20-13-8-4-5-9-14(13)24-15/h1-9,17H,10-11H2,(H2,19,22)/t17-/m0/s1. The van der Waals surface area contributed by atoms with Crippen LogP contribution < -0.4 is 5.73 Å². The Hall–Kier alpha value is -2.73. The Balaban J connectivity index is 1.62. The minimum Gasteiger partial charge on any atom is -0.447 e. The number of carbonyl (C=O) groups is 2. The molecule has 3 rings (SSSR count). The van der Waals surface area contributed by atoms with Crippen LogP contribution in [0.5, 0.6) is 0 Å².